The van der Waals surface area contributed by atoms with E-state index in [0.29, 0.717) is 48.1 Å². The van der Waals surface area contributed by atoms with Gasteiger partial charge in [-0.05, 0) is 55.0 Å². The minimum atomic E-state index is -3.48. The molecule has 1 aliphatic heterocycles. The minimum absolute atomic E-state index is 0.0133. The van der Waals surface area contributed by atoms with E-state index in [4.69, 9.17) is 34.8 Å². The molecule has 0 aliphatic carbocycles. The Kier molecular flexibility index (Phi) is 8.65. The number of carbonyl (C=O) groups excluding carboxylic acids is 1. The summed E-state index contributed by atoms with van der Waals surface area (Å²) in [5, 5.41) is 4.43. The summed E-state index contributed by atoms with van der Waals surface area (Å²) in [6.07, 6.45) is 2.62. The molecule has 5 nitrogen and oxygen atoms in total. The number of sulfonamides is 1. The number of hydrogen-bond donors (Lipinski definition) is 1. The van der Waals surface area contributed by atoms with Crippen molar-refractivity contribution >= 4 is 50.7 Å². The van der Waals surface area contributed by atoms with Crippen LogP contribution in [0.25, 0.3) is 0 Å². The zero-order chi connectivity index (χ0) is 22.4. The van der Waals surface area contributed by atoms with Crippen LogP contribution >= 0.6 is 34.8 Å². The molecule has 2 aromatic carbocycles. The second kappa shape index (κ2) is 11.0. The number of piperidine rings is 1. The fraction of sp³-hybridized carbons (Fsp3) is 0.409. The van der Waals surface area contributed by atoms with E-state index in [-0.39, 0.29) is 17.6 Å². The molecule has 1 saturated heterocycles. The van der Waals surface area contributed by atoms with Crippen LogP contribution in [0.3, 0.4) is 0 Å². The van der Waals surface area contributed by atoms with Gasteiger partial charge < -0.3 is 5.32 Å². The summed E-state index contributed by atoms with van der Waals surface area (Å²) in [5.74, 6) is -0.319. The van der Waals surface area contributed by atoms with E-state index in [1.165, 1.54) is 4.31 Å². The van der Waals surface area contributed by atoms with Gasteiger partial charge in [0.05, 0.1) is 15.8 Å². The van der Waals surface area contributed by atoms with E-state index in [1.807, 2.05) is 24.3 Å². The summed E-state index contributed by atoms with van der Waals surface area (Å²) >= 11 is 18.0. The van der Waals surface area contributed by atoms with Gasteiger partial charge in [0.2, 0.25) is 15.9 Å². The average Bonchev–Trinajstić information content (AvgIpc) is 2.75. The summed E-state index contributed by atoms with van der Waals surface area (Å²) in [4.78, 5) is 12.5. The Morgan fingerprint density at radius 3 is 2.39 bits per heavy atom. The number of halogens is 3. The predicted octanol–water partition coefficient (Wildman–Crippen LogP) is 4.94. The zero-order valence-electron chi connectivity index (χ0n) is 17.0. The lowest BCUT2D eigenvalue weighted by Gasteiger charge is -2.30. The first kappa shape index (κ1) is 24.3. The van der Waals surface area contributed by atoms with Crippen molar-refractivity contribution in [3.63, 3.8) is 0 Å². The van der Waals surface area contributed by atoms with E-state index in [1.54, 1.807) is 18.2 Å². The molecule has 1 amide bonds. The summed E-state index contributed by atoms with van der Waals surface area (Å²) < 4.78 is 26.9. The van der Waals surface area contributed by atoms with Crippen molar-refractivity contribution < 1.29 is 13.2 Å². The van der Waals surface area contributed by atoms with E-state index >= 15 is 0 Å². The fourth-order valence-electron chi connectivity index (χ4n) is 3.66. The third-order valence-corrected chi connectivity index (χ3v) is 8.39. The van der Waals surface area contributed by atoms with Gasteiger partial charge in [0.15, 0.2) is 0 Å². The van der Waals surface area contributed by atoms with Crippen molar-refractivity contribution in [3.05, 3.63) is 68.7 Å². The molecule has 1 N–H and O–H groups in total. The molecule has 0 aromatic heterocycles. The first-order valence-electron chi connectivity index (χ1n) is 10.2. The normalized spacial score (nSPS) is 15.7. The van der Waals surface area contributed by atoms with Crippen molar-refractivity contribution in [2.24, 2.45) is 5.92 Å². The van der Waals surface area contributed by atoms with Gasteiger partial charge >= 0.3 is 0 Å². The maximum absolute atomic E-state index is 12.7. The fourth-order valence-corrected chi connectivity index (χ4v) is 5.76. The summed E-state index contributed by atoms with van der Waals surface area (Å²) in [6, 6.07) is 12.5. The highest BCUT2D eigenvalue weighted by Gasteiger charge is 2.31. The number of hydrogen-bond acceptors (Lipinski definition) is 3. The van der Waals surface area contributed by atoms with Gasteiger partial charge in [-0.25, -0.2) is 12.7 Å². The highest BCUT2D eigenvalue weighted by Crippen LogP contribution is 2.26. The van der Waals surface area contributed by atoms with Crippen molar-refractivity contribution in [1.82, 2.24) is 9.62 Å². The standard InChI is InChI=1S/C22H25Cl3N2O3S/c23-19-6-2-1-4-17(19)5-3-11-26-22(28)18-9-12-27(13-10-18)31(29,30)15-16-7-8-20(24)21(25)14-16/h1-2,4,6-8,14,18H,3,5,9-13,15H2,(H,26,28). The number of nitrogens with one attached hydrogen (secondary N) is 1. The lowest BCUT2D eigenvalue weighted by molar-refractivity contribution is -0.126. The van der Waals surface area contributed by atoms with Crippen LogP contribution in [-0.2, 0) is 27.0 Å². The van der Waals surface area contributed by atoms with Crippen molar-refractivity contribution in [2.45, 2.75) is 31.4 Å². The number of nitrogens with zero attached hydrogens (tertiary/aromatic N) is 1. The minimum Gasteiger partial charge on any atom is -0.356 e. The van der Waals surface area contributed by atoms with Gasteiger partial charge in [0.25, 0.3) is 0 Å². The maximum atomic E-state index is 12.7. The van der Waals surface area contributed by atoms with Crippen LogP contribution in [0.4, 0.5) is 0 Å². The molecule has 3 rings (SSSR count). The molecule has 0 saturated carbocycles. The first-order chi connectivity index (χ1) is 14.8. The molecule has 0 spiro atoms. The van der Waals surface area contributed by atoms with Gasteiger partial charge in [-0.3, -0.25) is 4.79 Å². The Balaban J connectivity index is 1.43. The Hall–Kier alpha value is -1.31. The Bertz CT molecular complexity index is 1020. The smallest absolute Gasteiger partial charge is 0.223 e. The molecule has 0 unspecified atom stereocenters. The molecule has 9 heteroatoms. The predicted molar refractivity (Wildman–Crippen MR) is 126 cm³/mol. The van der Waals surface area contributed by atoms with Gasteiger partial charge in [0, 0.05) is 30.6 Å². The molecule has 0 radical (unpaired) electrons. The van der Waals surface area contributed by atoms with Crippen LogP contribution in [-0.4, -0.2) is 38.3 Å². The SMILES string of the molecule is O=C(NCCCc1ccccc1Cl)C1CCN(S(=O)(=O)Cc2ccc(Cl)c(Cl)c2)CC1. The average molecular weight is 504 g/mol. The molecule has 168 valence electrons. The van der Waals surface area contributed by atoms with E-state index in [2.05, 4.69) is 5.32 Å². The number of aryl methyl sites for hydroxylation is 1. The van der Waals surface area contributed by atoms with Crippen LogP contribution < -0.4 is 5.32 Å². The third kappa shape index (κ3) is 6.83. The Morgan fingerprint density at radius 2 is 1.71 bits per heavy atom. The van der Waals surface area contributed by atoms with E-state index in [9.17, 15) is 13.2 Å². The number of rotatable bonds is 8. The monoisotopic (exact) mass is 502 g/mol. The van der Waals surface area contributed by atoms with Crippen LogP contribution in [0.5, 0.6) is 0 Å². The van der Waals surface area contributed by atoms with Crippen molar-refractivity contribution in [2.75, 3.05) is 19.6 Å². The summed E-state index contributed by atoms with van der Waals surface area (Å²) in [7, 11) is -3.48. The van der Waals surface area contributed by atoms with Crippen molar-refractivity contribution in [3.8, 4) is 0 Å². The zero-order valence-corrected chi connectivity index (χ0v) is 20.1. The second-order valence-corrected chi connectivity index (χ2v) is 10.9. The summed E-state index contributed by atoms with van der Waals surface area (Å²) in [5.41, 5.74) is 1.66. The first-order valence-corrected chi connectivity index (χ1v) is 12.9. The molecule has 1 aliphatic rings. The molecule has 0 bridgehead atoms. The third-order valence-electron chi connectivity index (χ3n) is 5.43. The van der Waals surface area contributed by atoms with Crippen LogP contribution in [0.2, 0.25) is 15.1 Å². The quantitative estimate of drug-likeness (QED) is 0.519. The van der Waals surface area contributed by atoms with Gasteiger partial charge in [0.1, 0.15) is 0 Å². The molecule has 2 aromatic rings. The Labute approximate surface area is 198 Å². The topological polar surface area (TPSA) is 66.5 Å². The van der Waals surface area contributed by atoms with E-state index in [0.717, 1.165) is 23.4 Å². The highest BCUT2D eigenvalue weighted by atomic mass is 35.5. The molecule has 1 fully saturated rings. The lowest BCUT2D eigenvalue weighted by Crippen LogP contribution is -2.43. The number of amides is 1. The molecule has 0 atom stereocenters. The van der Waals surface area contributed by atoms with Gasteiger partial charge in [-0.15, -0.1) is 0 Å². The van der Waals surface area contributed by atoms with Gasteiger partial charge in [-0.1, -0.05) is 59.1 Å². The number of benzene rings is 2. The van der Waals surface area contributed by atoms with Crippen LogP contribution in [0.15, 0.2) is 42.5 Å². The molecule has 1 heterocycles. The maximum Gasteiger partial charge on any atom is 0.223 e. The molecular weight excluding hydrogens is 479 g/mol. The Morgan fingerprint density at radius 1 is 1.00 bits per heavy atom. The second-order valence-electron chi connectivity index (χ2n) is 7.66. The van der Waals surface area contributed by atoms with Gasteiger partial charge in [-0.2, -0.15) is 0 Å². The highest BCUT2D eigenvalue weighted by molar-refractivity contribution is 7.88. The van der Waals surface area contributed by atoms with Crippen LogP contribution in [0, 0.1) is 5.92 Å². The largest absolute Gasteiger partial charge is 0.356 e. The lowest BCUT2D eigenvalue weighted by atomic mass is 9.97. The van der Waals surface area contributed by atoms with Crippen molar-refractivity contribution in [1.29, 1.82) is 0 Å². The summed E-state index contributed by atoms with van der Waals surface area (Å²) in [6.45, 7) is 1.24. The van der Waals surface area contributed by atoms with Crippen LogP contribution in [0.1, 0.15) is 30.4 Å². The molecule has 31 heavy (non-hydrogen) atoms. The molecular formula is C22H25Cl3N2O3S. The number of carbonyl (C=O) groups is 1. The van der Waals surface area contributed by atoms with E-state index < -0.39 is 10.0 Å².